The lowest BCUT2D eigenvalue weighted by Gasteiger charge is -1.96. The predicted octanol–water partition coefficient (Wildman–Crippen LogP) is 1.40. The van der Waals surface area contributed by atoms with Crippen LogP contribution in [0.2, 0.25) is 0 Å². The fourth-order valence-electron chi connectivity index (χ4n) is 1.96. The van der Waals surface area contributed by atoms with Crippen molar-refractivity contribution in [1.29, 1.82) is 0 Å². The second-order valence-corrected chi connectivity index (χ2v) is 5.82. The Morgan fingerprint density at radius 3 is 2.92 bits per heavy atom. The van der Waals surface area contributed by atoms with E-state index in [0.29, 0.717) is 5.58 Å². The van der Waals surface area contributed by atoms with E-state index in [0.717, 1.165) is 28.8 Å². The molecular weight excluding hydrogens is 346 g/mol. The van der Waals surface area contributed by atoms with E-state index >= 15 is 0 Å². The monoisotopic (exact) mass is 357 g/mol. The lowest BCUT2D eigenvalue weighted by atomic mass is 10.1. The second kappa shape index (κ2) is 7.14. The van der Waals surface area contributed by atoms with Gasteiger partial charge in [-0.25, -0.2) is 9.59 Å². The Balaban J connectivity index is 1.74. The van der Waals surface area contributed by atoms with Crippen LogP contribution in [0.15, 0.2) is 60.7 Å². The standard InChI is InChI=1S/C16H11N3O5S/c1-23-14(21)7-12-15(22)18-16(25-12)19-17-8-9-2-4-11-10(6-9)3-5-13(20)24-11/h2-8H,1H3,(H,18,19,22)/b12-7+,17-8?. The van der Waals surface area contributed by atoms with E-state index in [4.69, 9.17) is 4.42 Å². The van der Waals surface area contributed by atoms with Crippen molar-refractivity contribution >= 4 is 46.0 Å². The number of rotatable bonds is 3. The molecule has 1 N–H and O–H groups in total. The van der Waals surface area contributed by atoms with E-state index in [1.165, 1.54) is 19.4 Å². The largest absolute Gasteiger partial charge is 0.466 e. The predicted molar refractivity (Wildman–Crippen MR) is 93.3 cm³/mol. The molecule has 0 unspecified atom stereocenters. The van der Waals surface area contributed by atoms with E-state index in [9.17, 15) is 14.4 Å². The van der Waals surface area contributed by atoms with Crippen molar-refractivity contribution in [1.82, 2.24) is 5.32 Å². The molecule has 0 bridgehead atoms. The number of carbonyl (C=O) groups is 2. The summed E-state index contributed by atoms with van der Waals surface area (Å²) in [5.74, 6) is -1.06. The van der Waals surface area contributed by atoms with Crippen LogP contribution >= 0.6 is 11.8 Å². The van der Waals surface area contributed by atoms with Crippen LogP contribution in [-0.2, 0) is 14.3 Å². The molecule has 2 aromatic rings. The Morgan fingerprint density at radius 1 is 1.28 bits per heavy atom. The summed E-state index contributed by atoms with van der Waals surface area (Å²) >= 11 is 0.988. The first-order chi connectivity index (χ1) is 12.0. The maximum atomic E-state index is 11.7. The van der Waals surface area contributed by atoms with Gasteiger partial charge in [0.2, 0.25) is 0 Å². The third kappa shape index (κ3) is 4.01. The molecule has 2 heterocycles. The minimum Gasteiger partial charge on any atom is -0.466 e. The molecule has 0 spiro atoms. The summed E-state index contributed by atoms with van der Waals surface area (Å²) in [4.78, 5) is 34.2. The number of benzene rings is 1. The number of nitrogens with one attached hydrogen (secondary N) is 1. The Kier molecular flexibility index (Phi) is 4.75. The molecule has 0 radical (unpaired) electrons. The first-order valence-corrected chi connectivity index (χ1v) is 7.80. The number of hydrogen-bond donors (Lipinski definition) is 1. The lowest BCUT2D eigenvalue weighted by molar-refractivity contribution is -0.135. The highest BCUT2D eigenvalue weighted by Crippen LogP contribution is 2.23. The highest BCUT2D eigenvalue weighted by atomic mass is 32.2. The van der Waals surface area contributed by atoms with Crippen LogP contribution in [0.25, 0.3) is 11.0 Å². The summed E-state index contributed by atoms with van der Waals surface area (Å²) in [5, 5.41) is 11.3. The molecule has 1 aliphatic rings. The number of ether oxygens (including phenoxy) is 1. The molecule has 1 amide bonds. The smallest absolute Gasteiger partial charge is 0.336 e. The van der Waals surface area contributed by atoms with Gasteiger partial charge in [-0.1, -0.05) is 0 Å². The minimum atomic E-state index is -0.620. The molecule has 8 nitrogen and oxygen atoms in total. The van der Waals surface area contributed by atoms with Crippen molar-refractivity contribution < 1.29 is 18.7 Å². The first kappa shape index (κ1) is 16.7. The van der Waals surface area contributed by atoms with Gasteiger partial charge in [0.15, 0.2) is 5.17 Å². The van der Waals surface area contributed by atoms with Gasteiger partial charge in [0.1, 0.15) is 5.58 Å². The molecule has 1 aromatic heterocycles. The molecular formula is C16H11N3O5S. The lowest BCUT2D eigenvalue weighted by Crippen LogP contribution is -2.19. The second-order valence-electron chi connectivity index (χ2n) is 4.79. The van der Waals surface area contributed by atoms with Crippen LogP contribution in [0, 0.1) is 0 Å². The Labute approximate surface area is 145 Å². The number of esters is 1. The fraction of sp³-hybridized carbons (Fsp3) is 0.0625. The van der Waals surface area contributed by atoms with Crippen molar-refractivity contribution in [3.8, 4) is 0 Å². The topological polar surface area (TPSA) is 110 Å². The molecule has 25 heavy (non-hydrogen) atoms. The van der Waals surface area contributed by atoms with Gasteiger partial charge in [-0.15, -0.1) is 5.10 Å². The Morgan fingerprint density at radius 2 is 2.12 bits per heavy atom. The molecule has 1 aromatic carbocycles. The highest BCUT2D eigenvalue weighted by molar-refractivity contribution is 8.18. The zero-order chi connectivity index (χ0) is 17.8. The summed E-state index contributed by atoms with van der Waals surface area (Å²) < 4.78 is 9.52. The van der Waals surface area contributed by atoms with Crippen molar-refractivity contribution in [2.75, 3.05) is 7.11 Å². The zero-order valence-corrected chi connectivity index (χ0v) is 13.7. The minimum absolute atomic E-state index is 0.182. The molecule has 1 aliphatic heterocycles. The summed E-state index contributed by atoms with van der Waals surface area (Å²) in [6, 6.07) is 8.15. The Bertz CT molecular complexity index is 1010. The van der Waals surface area contributed by atoms with Crippen LogP contribution in [-0.4, -0.2) is 30.4 Å². The fourth-order valence-corrected chi connectivity index (χ4v) is 2.70. The Hall–Kier alpha value is -3.20. The van der Waals surface area contributed by atoms with Crippen molar-refractivity contribution in [2.45, 2.75) is 0 Å². The molecule has 0 aliphatic carbocycles. The van der Waals surface area contributed by atoms with Crippen LogP contribution in [0.3, 0.4) is 0 Å². The van der Waals surface area contributed by atoms with E-state index in [1.54, 1.807) is 24.3 Å². The van der Waals surface area contributed by atoms with Gasteiger partial charge in [-0.3, -0.25) is 10.1 Å². The van der Waals surface area contributed by atoms with E-state index in [1.807, 2.05) is 0 Å². The van der Waals surface area contributed by atoms with E-state index in [-0.39, 0.29) is 10.1 Å². The zero-order valence-electron chi connectivity index (χ0n) is 12.9. The summed E-state index contributed by atoms with van der Waals surface area (Å²) in [5.41, 5.74) is 0.808. The number of fused-ring (bicyclic) bond motifs is 1. The number of amidine groups is 1. The molecule has 9 heteroatoms. The molecule has 3 rings (SSSR count). The molecule has 1 fully saturated rings. The van der Waals surface area contributed by atoms with Gasteiger partial charge in [-0.2, -0.15) is 5.10 Å². The molecule has 126 valence electrons. The highest BCUT2D eigenvalue weighted by Gasteiger charge is 2.24. The van der Waals surface area contributed by atoms with E-state index < -0.39 is 17.5 Å². The third-order valence-corrected chi connectivity index (χ3v) is 4.00. The summed E-state index contributed by atoms with van der Waals surface area (Å²) in [6.07, 6.45) is 2.58. The van der Waals surface area contributed by atoms with Crippen LogP contribution in [0.5, 0.6) is 0 Å². The first-order valence-electron chi connectivity index (χ1n) is 6.99. The molecule has 0 saturated carbocycles. The van der Waals surface area contributed by atoms with Gasteiger partial charge < -0.3 is 9.15 Å². The maximum Gasteiger partial charge on any atom is 0.336 e. The molecule has 0 atom stereocenters. The van der Waals surface area contributed by atoms with Crippen molar-refractivity contribution in [3.63, 3.8) is 0 Å². The van der Waals surface area contributed by atoms with Crippen LogP contribution in [0.4, 0.5) is 0 Å². The third-order valence-electron chi connectivity index (χ3n) is 3.10. The SMILES string of the molecule is COC(=O)/C=C1/S/C(=N\N=Cc2ccc3oc(=O)ccc3c2)NC1=O. The maximum absolute atomic E-state index is 11.7. The number of thioether (sulfide) groups is 1. The number of nitrogens with zero attached hydrogens (tertiary/aromatic N) is 2. The van der Waals surface area contributed by atoms with Gasteiger partial charge in [0, 0.05) is 17.5 Å². The quantitative estimate of drug-likeness (QED) is 0.292. The van der Waals surface area contributed by atoms with Gasteiger partial charge in [0.05, 0.1) is 18.2 Å². The van der Waals surface area contributed by atoms with Crippen molar-refractivity contribution in [2.24, 2.45) is 10.2 Å². The van der Waals surface area contributed by atoms with Gasteiger partial charge >= 0.3 is 11.6 Å². The number of amides is 1. The summed E-state index contributed by atoms with van der Waals surface area (Å²) in [7, 11) is 1.23. The average Bonchev–Trinajstić information content (AvgIpc) is 2.94. The van der Waals surface area contributed by atoms with Gasteiger partial charge in [-0.05, 0) is 41.6 Å². The number of methoxy groups -OCH3 is 1. The van der Waals surface area contributed by atoms with Crippen LogP contribution in [0.1, 0.15) is 5.56 Å². The molecule has 1 saturated heterocycles. The van der Waals surface area contributed by atoms with Crippen LogP contribution < -0.4 is 10.9 Å². The van der Waals surface area contributed by atoms with Crippen molar-refractivity contribution in [3.05, 3.63) is 57.3 Å². The summed E-state index contributed by atoms with van der Waals surface area (Å²) in [6.45, 7) is 0. The normalized spacial score (nSPS) is 17.6. The van der Waals surface area contributed by atoms with Gasteiger partial charge in [0.25, 0.3) is 5.91 Å². The average molecular weight is 357 g/mol. The van der Waals surface area contributed by atoms with E-state index in [2.05, 4.69) is 20.3 Å². The number of hydrogen-bond acceptors (Lipinski definition) is 8. The number of carbonyl (C=O) groups excluding carboxylic acids is 2.